The van der Waals surface area contributed by atoms with E-state index in [9.17, 15) is 10.5 Å². The third-order valence-electron chi connectivity index (χ3n) is 9.94. The standard InChI is InChI=1S/C40H52N6O2S2/c1-29(45(6)19-21-49-7)35-27-47-39(2,3)23-32(35)31(25-41)22-40(4)24-33-34(26-42)38(50-20-14-30-12-9-8-10-13-30)43-37(36(33)28-48-40)46-16-11-15-44(5)17-18-46/h8-10,12-13,22H,1,11,14-21,23-24,27-28H2,2-7H3. The molecule has 0 N–H and O–H groups in total. The van der Waals surface area contributed by atoms with E-state index in [0.717, 1.165) is 95.9 Å². The molecule has 1 aromatic heterocycles. The minimum Gasteiger partial charge on any atom is -0.374 e. The van der Waals surface area contributed by atoms with Crippen LogP contribution in [0.1, 0.15) is 55.9 Å². The van der Waals surface area contributed by atoms with Gasteiger partial charge >= 0.3 is 0 Å². The smallest absolute Gasteiger partial charge is 0.135 e. The van der Waals surface area contributed by atoms with Crippen molar-refractivity contribution in [1.29, 1.82) is 10.5 Å². The SMILES string of the molecule is C=C(C1=C(C(C#N)=CC2(C)Cc3c(C#N)c(SCCc4ccccc4)nc(N4CCCN(C)CC4)c3CO2)CC(C)(C)OC1)N(C)CCSC. The van der Waals surface area contributed by atoms with E-state index >= 15 is 0 Å². The first-order chi connectivity index (χ1) is 24.0. The number of aryl methyl sites for hydroxylation is 1. The van der Waals surface area contributed by atoms with Crippen molar-refractivity contribution in [2.75, 3.05) is 76.1 Å². The summed E-state index contributed by atoms with van der Waals surface area (Å²) in [6.07, 6.45) is 7.10. The van der Waals surface area contributed by atoms with Gasteiger partial charge in [-0.05, 0) is 76.2 Å². The molecule has 1 saturated heterocycles. The van der Waals surface area contributed by atoms with Crippen LogP contribution in [0.3, 0.4) is 0 Å². The number of anilines is 1. The number of benzene rings is 1. The number of hydrogen-bond donors (Lipinski definition) is 0. The molecule has 0 bridgehead atoms. The van der Waals surface area contributed by atoms with Crippen molar-refractivity contribution >= 4 is 29.3 Å². The van der Waals surface area contributed by atoms with Crippen LogP contribution < -0.4 is 4.90 Å². The minimum absolute atomic E-state index is 0.323. The first-order valence-electron chi connectivity index (χ1n) is 17.6. The van der Waals surface area contributed by atoms with Gasteiger partial charge < -0.3 is 24.2 Å². The quantitative estimate of drug-likeness (QED) is 0.169. The van der Waals surface area contributed by atoms with Gasteiger partial charge in [-0.15, -0.1) is 11.8 Å². The Morgan fingerprint density at radius 3 is 2.52 bits per heavy atom. The predicted octanol–water partition coefficient (Wildman–Crippen LogP) is 7.02. The minimum atomic E-state index is -0.806. The van der Waals surface area contributed by atoms with E-state index in [1.54, 1.807) is 23.5 Å². The maximum Gasteiger partial charge on any atom is 0.135 e. The van der Waals surface area contributed by atoms with Gasteiger partial charge in [0, 0.05) is 74.4 Å². The zero-order valence-electron chi connectivity index (χ0n) is 30.7. The third kappa shape index (κ3) is 9.15. The van der Waals surface area contributed by atoms with Gasteiger partial charge in [0.2, 0.25) is 0 Å². The van der Waals surface area contributed by atoms with Gasteiger partial charge in [0.25, 0.3) is 0 Å². The highest BCUT2D eigenvalue weighted by Gasteiger charge is 2.38. The molecule has 10 heteroatoms. The zero-order valence-corrected chi connectivity index (χ0v) is 32.3. The van der Waals surface area contributed by atoms with Crippen LogP contribution in [0.4, 0.5) is 5.82 Å². The number of hydrogen-bond acceptors (Lipinski definition) is 10. The highest BCUT2D eigenvalue weighted by Crippen LogP contribution is 2.42. The molecular weight excluding hydrogens is 661 g/mol. The lowest BCUT2D eigenvalue weighted by Gasteiger charge is -2.38. The Morgan fingerprint density at radius 1 is 1.02 bits per heavy atom. The van der Waals surface area contributed by atoms with E-state index in [1.165, 1.54) is 5.56 Å². The lowest BCUT2D eigenvalue weighted by Crippen LogP contribution is -2.38. The maximum absolute atomic E-state index is 10.7. The van der Waals surface area contributed by atoms with Crippen molar-refractivity contribution in [3.05, 3.63) is 87.7 Å². The first-order valence-corrected chi connectivity index (χ1v) is 19.9. The molecule has 0 aliphatic carbocycles. The summed E-state index contributed by atoms with van der Waals surface area (Å²) in [5.74, 6) is 2.74. The van der Waals surface area contributed by atoms with Crippen molar-refractivity contribution in [3.63, 3.8) is 0 Å². The van der Waals surface area contributed by atoms with Crippen LogP contribution in [0.15, 0.2) is 70.4 Å². The first kappa shape index (κ1) is 38.0. The van der Waals surface area contributed by atoms with Gasteiger partial charge in [-0.1, -0.05) is 36.9 Å². The van der Waals surface area contributed by atoms with Gasteiger partial charge in [-0.2, -0.15) is 22.3 Å². The Kier molecular flexibility index (Phi) is 12.8. The third-order valence-corrected chi connectivity index (χ3v) is 11.5. The number of pyridine rings is 1. The van der Waals surface area contributed by atoms with Crippen LogP contribution in [-0.4, -0.2) is 97.2 Å². The number of aromatic nitrogens is 1. The summed E-state index contributed by atoms with van der Waals surface area (Å²) in [5.41, 5.74) is 6.05. The normalized spacial score (nSPS) is 21.2. The van der Waals surface area contributed by atoms with Gasteiger partial charge in [0.15, 0.2) is 0 Å². The van der Waals surface area contributed by atoms with Gasteiger partial charge in [-0.25, -0.2) is 4.98 Å². The molecule has 0 spiro atoms. The van der Waals surface area contributed by atoms with Crippen LogP contribution in [0, 0.1) is 22.7 Å². The van der Waals surface area contributed by atoms with Crippen molar-refractivity contribution in [2.24, 2.45) is 0 Å². The summed E-state index contributed by atoms with van der Waals surface area (Å²) in [6.45, 7) is 16.0. The molecule has 1 fully saturated rings. The molecule has 0 radical (unpaired) electrons. The Morgan fingerprint density at radius 2 is 1.80 bits per heavy atom. The molecule has 0 saturated carbocycles. The molecule has 1 aromatic carbocycles. The number of rotatable bonds is 12. The Balaban J connectivity index is 1.54. The van der Waals surface area contributed by atoms with Gasteiger partial charge in [-0.3, -0.25) is 0 Å². The number of thioether (sulfide) groups is 2. The second-order valence-corrected chi connectivity index (χ2v) is 16.5. The van der Waals surface area contributed by atoms with Crippen LogP contribution in [0.25, 0.3) is 0 Å². The van der Waals surface area contributed by atoms with Crippen LogP contribution in [-0.2, 0) is 28.9 Å². The van der Waals surface area contributed by atoms with Crippen molar-refractivity contribution < 1.29 is 9.47 Å². The molecule has 5 rings (SSSR count). The fraction of sp³-hybridized carbons (Fsp3) is 0.525. The molecule has 4 heterocycles. The lowest BCUT2D eigenvalue weighted by molar-refractivity contribution is -0.0201. The summed E-state index contributed by atoms with van der Waals surface area (Å²) in [5, 5.41) is 22.1. The predicted molar refractivity (Wildman–Crippen MR) is 207 cm³/mol. The topological polar surface area (TPSA) is 88.7 Å². The Labute approximate surface area is 308 Å². The molecule has 1 unspecified atom stereocenters. The van der Waals surface area contributed by atoms with E-state index in [-0.39, 0.29) is 0 Å². The Hall–Kier alpha value is -3.25. The van der Waals surface area contributed by atoms with Gasteiger partial charge in [0.1, 0.15) is 16.9 Å². The Bertz CT molecular complexity index is 1690. The number of ether oxygens (including phenoxy) is 2. The summed E-state index contributed by atoms with van der Waals surface area (Å²) in [6, 6.07) is 15.6. The van der Waals surface area contributed by atoms with Crippen LogP contribution in [0.2, 0.25) is 0 Å². The van der Waals surface area contributed by atoms with Crippen molar-refractivity contribution in [3.8, 4) is 12.1 Å². The van der Waals surface area contributed by atoms with Crippen LogP contribution >= 0.6 is 23.5 Å². The number of nitrogens with zero attached hydrogens (tertiary/aromatic N) is 6. The van der Waals surface area contributed by atoms with Crippen molar-refractivity contribution in [1.82, 2.24) is 14.8 Å². The molecule has 50 heavy (non-hydrogen) atoms. The molecule has 3 aliphatic heterocycles. The van der Waals surface area contributed by atoms with Crippen molar-refractivity contribution in [2.45, 2.75) is 69.3 Å². The van der Waals surface area contributed by atoms with E-state index in [2.05, 4.69) is 84.8 Å². The summed E-state index contributed by atoms with van der Waals surface area (Å²) >= 11 is 3.46. The molecular formula is C40H52N6O2S2. The summed E-state index contributed by atoms with van der Waals surface area (Å²) < 4.78 is 13.0. The number of nitriles is 2. The molecule has 0 amide bonds. The number of allylic oxidation sites excluding steroid dienone is 1. The second-order valence-electron chi connectivity index (χ2n) is 14.4. The zero-order chi connectivity index (χ0) is 35.9. The largest absolute Gasteiger partial charge is 0.374 e. The average Bonchev–Trinajstić information content (AvgIpc) is 3.33. The second kappa shape index (κ2) is 16.8. The van der Waals surface area contributed by atoms with E-state index < -0.39 is 11.2 Å². The van der Waals surface area contributed by atoms with E-state index in [1.807, 2.05) is 26.1 Å². The van der Waals surface area contributed by atoms with E-state index in [4.69, 9.17) is 14.5 Å². The maximum atomic E-state index is 10.7. The highest BCUT2D eigenvalue weighted by molar-refractivity contribution is 7.99. The fourth-order valence-electron chi connectivity index (χ4n) is 6.90. The molecule has 1 atom stereocenters. The lowest BCUT2D eigenvalue weighted by atomic mass is 9.82. The molecule has 3 aliphatic rings. The molecule has 266 valence electrons. The fourth-order valence-corrected chi connectivity index (χ4v) is 8.35. The molecule has 8 nitrogen and oxygen atoms in total. The molecule has 2 aromatic rings. The number of likely N-dealkylation sites (N-methyl/N-ethyl adjacent to an activating group) is 2. The van der Waals surface area contributed by atoms with Gasteiger partial charge in [0.05, 0.1) is 41.6 Å². The highest BCUT2D eigenvalue weighted by atomic mass is 32.2. The van der Waals surface area contributed by atoms with Crippen LogP contribution in [0.5, 0.6) is 0 Å². The number of fused-ring (bicyclic) bond motifs is 1. The average molecular weight is 713 g/mol. The summed E-state index contributed by atoms with van der Waals surface area (Å²) in [4.78, 5) is 12.1. The van der Waals surface area contributed by atoms with E-state index in [0.29, 0.717) is 37.2 Å². The monoisotopic (exact) mass is 712 g/mol. The summed E-state index contributed by atoms with van der Waals surface area (Å²) in [7, 11) is 4.22.